The van der Waals surface area contributed by atoms with E-state index >= 15 is 0 Å². The Kier molecular flexibility index (Phi) is 5.00. The van der Waals surface area contributed by atoms with Gasteiger partial charge in [0.2, 0.25) is 0 Å². The highest BCUT2D eigenvalue weighted by Crippen LogP contribution is 2.31. The predicted molar refractivity (Wildman–Crippen MR) is 101 cm³/mol. The molecule has 0 bridgehead atoms. The summed E-state index contributed by atoms with van der Waals surface area (Å²) in [6, 6.07) is 18.6. The summed E-state index contributed by atoms with van der Waals surface area (Å²) in [6.45, 7) is 0.733. The van der Waals surface area contributed by atoms with Gasteiger partial charge < -0.3 is 14.7 Å². The average molecular weight is 363 g/mol. The van der Waals surface area contributed by atoms with Crippen molar-refractivity contribution in [3.63, 3.8) is 0 Å². The molecule has 2 atom stereocenters. The number of aliphatic hydroxyl groups is 1. The Morgan fingerprint density at radius 3 is 2.74 bits per heavy atom. The van der Waals surface area contributed by atoms with Gasteiger partial charge in [0.25, 0.3) is 5.91 Å². The van der Waals surface area contributed by atoms with E-state index in [1.54, 1.807) is 21.8 Å². The molecule has 6 heteroatoms. The van der Waals surface area contributed by atoms with Crippen LogP contribution in [-0.2, 0) is 4.74 Å². The first-order valence-corrected chi connectivity index (χ1v) is 8.96. The van der Waals surface area contributed by atoms with Crippen molar-refractivity contribution >= 4 is 5.91 Å². The first-order valence-electron chi connectivity index (χ1n) is 8.96. The molecule has 1 amide bonds. The van der Waals surface area contributed by atoms with Crippen molar-refractivity contribution in [1.29, 1.82) is 0 Å². The van der Waals surface area contributed by atoms with Gasteiger partial charge in [-0.2, -0.15) is 5.10 Å². The molecule has 0 saturated carbocycles. The van der Waals surface area contributed by atoms with Crippen LogP contribution in [0.3, 0.4) is 0 Å². The average Bonchev–Trinajstić information content (AvgIpc) is 3.28. The lowest BCUT2D eigenvalue weighted by atomic mass is 9.97. The minimum absolute atomic E-state index is 0.0837. The molecule has 4 rings (SSSR count). The Hall–Kier alpha value is -2.96. The Bertz CT molecular complexity index is 896. The van der Waals surface area contributed by atoms with Gasteiger partial charge in [0.05, 0.1) is 24.9 Å². The molecule has 6 nitrogen and oxygen atoms in total. The summed E-state index contributed by atoms with van der Waals surface area (Å²) in [4.78, 5) is 15.1. The molecule has 1 saturated heterocycles. The molecule has 1 N–H and O–H groups in total. The van der Waals surface area contributed by atoms with E-state index in [9.17, 15) is 9.90 Å². The summed E-state index contributed by atoms with van der Waals surface area (Å²) in [5.74, 6) is -0.0837. The molecule has 0 spiro atoms. The van der Waals surface area contributed by atoms with E-state index in [1.807, 2.05) is 60.8 Å². The number of aliphatic hydroxyl groups excluding tert-OH is 1. The Morgan fingerprint density at radius 1 is 1.15 bits per heavy atom. The molecule has 1 aliphatic rings. The standard InChI is InChI=1S/C21H21N3O3/c25-15-19-20(16-6-2-1-3-7-16)23(12-13-27-19)21(26)17-8-4-9-18(14-17)24-11-5-10-22-24/h1-11,14,19-20,25H,12-13,15H2/t19-,20-/m0/s1. The number of morpholine rings is 1. The van der Waals surface area contributed by atoms with Gasteiger partial charge in [-0.25, -0.2) is 4.68 Å². The molecule has 2 aromatic carbocycles. The third-order valence-corrected chi connectivity index (χ3v) is 4.80. The van der Waals surface area contributed by atoms with Crippen LogP contribution >= 0.6 is 0 Å². The van der Waals surface area contributed by atoms with E-state index < -0.39 is 6.10 Å². The first kappa shape index (κ1) is 17.5. The van der Waals surface area contributed by atoms with Gasteiger partial charge in [-0.05, 0) is 29.8 Å². The third-order valence-electron chi connectivity index (χ3n) is 4.80. The molecule has 27 heavy (non-hydrogen) atoms. The van der Waals surface area contributed by atoms with E-state index in [4.69, 9.17) is 4.74 Å². The summed E-state index contributed by atoms with van der Waals surface area (Å²) in [6.07, 6.45) is 3.10. The van der Waals surface area contributed by atoms with Crippen molar-refractivity contribution in [3.8, 4) is 5.69 Å². The smallest absolute Gasteiger partial charge is 0.254 e. The Labute approximate surface area is 157 Å². The summed E-state index contributed by atoms with van der Waals surface area (Å²) in [7, 11) is 0. The molecule has 138 valence electrons. The monoisotopic (exact) mass is 363 g/mol. The molecule has 0 unspecified atom stereocenters. The summed E-state index contributed by atoms with van der Waals surface area (Å²) in [5, 5.41) is 14.0. The van der Waals surface area contributed by atoms with Crippen LogP contribution in [0.5, 0.6) is 0 Å². The lowest BCUT2D eigenvalue weighted by Crippen LogP contribution is -2.49. The van der Waals surface area contributed by atoms with Gasteiger partial charge in [-0.15, -0.1) is 0 Å². The maximum absolute atomic E-state index is 13.3. The van der Waals surface area contributed by atoms with Crippen LogP contribution in [0.25, 0.3) is 5.69 Å². The van der Waals surface area contributed by atoms with Gasteiger partial charge in [-0.3, -0.25) is 4.79 Å². The molecule has 0 radical (unpaired) electrons. The highest BCUT2D eigenvalue weighted by Gasteiger charge is 2.36. The zero-order chi connectivity index (χ0) is 18.6. The first-order chi connectivity index (χ1) is 13.3. The number of amides is 1. The van der Waals surface area contributed by atoms with E-state index in [-0.39, 0.29) is 18.6 Å². The van der Waals surface area contributed by atoms with E-state index in [1.165, 1.54) is 0 Å². The van der Waals surface area contributed by atoms with Crippen molar-refractivity contribution < 1.29 is 14.6 Å². The zero-order valence-electron chi connectivity index (χ0n) is 14.8. The number of rotatable bonds is 4. The van der Waals surface area contributed by atoms with Gasteiger partial charge in [0.1, 0.15) is 6.10 Å². The maximum Gasteiger partial charge on any atom is 0.254 e. The topological polar surface area (TPSA) is 67.6 Å². The van der Waals surface area contributed by atoms with Crippen LogP contribution in [0.2, 0.25) is 0 Å². The Balaban J connectivity index is 1.68. The maximum atomic E-state index is 13.3. The van der Waals surface area contributed by atoms with Crippen LogP contribution in [0, 0.1) is 0 Å². The number of hydrogen-bond donors (Lipinski definition) is 1. The van der Waals surface area contributed by atoms with Crippen molar-refractivity contribution in [1.82, 2.24) is 14.7 Å². The second-order valence-electron chi connectivity index (χ2n) is 6.45. The number of carbonyl (C=O) groups is 1. The normalized spacial score (nSPS) is 19.8. The minimum Gasteiger partial charge on any atom is -0.394 e. The number of hydrogen-bond acceptors (Lipinski definition) is 4. The van der Waals surface area contributed by atoms with Crippen LogP contribution in [0.4, 0.5) is 0 Å². The van der Waals surface area contributed by atoms with Gasteiger partial charge in [0.15, 0.2) is 0 Å². The van der Waals surface area contributed by atoms with Gasteiger partial charge >= 0.3 is 0 Å². The number of benzene rings is 2. The quantitative estimate of drug-likeness (QED) is 0.773. The summed E-state index contributed by atoms with van der Waals surface area (Å²) < 4.78 is 7.46. The number of aromatic nitrogens is 2. The molecule has 1 aliphatic heterocycles. The fraction of sp³-hybridized carbons (Fsp3) is 0.238. The largest absolute Gasteiger partial charge is 0.394 e. The molecular formula is C21H21N3O3. The minimum atomic E-state index is -0.445. The lowest BCUT2D eigenvalue weighted by Gasteiger charge is -2.41. The number of carbonyl (C=O) groups excluding carboxylic acids is 1. The predicted octanol–water partition coefficient (Wildman–Crippen LogP) is 2.45. The molecule has 1 fully saturated rings. The van der Waals surface area contributed by atoms with E-state index in [0.717, 1.165) is 11.3 Å². The third kappa shape index (κ3) is 3.49. The second kappa shape index (κ2) is 7.73. The Morgan fingerprint density at radius 2 is 2.00 bits per heavy atom. The van der Waals surface area contributed by atoms with Gasteiger partial charge in [0, 0.05) is 24.5 Å². The van der Waals surface area contributed by atoms with Crippen LogP contribution in [0.1, 0.15) is 22.0 Å². The molecule has 1 aromatic heterocycles. The number of nitrogens with zero attached hydrogens (tertiary/aromatic N) is 3. The number of ether oxygens (including phenoxy) is 1. The van der Waals surface area contributed by atoms with Gasteiger partial charge in [-0.1, -0.05) is 36.4 Å². The van der Waals surface area contributed by atoms with Crippen LogP contribution < -0.4 is 0 Å². The molecular weight excluding hydrogens is 342 g/mol. The van der Waals surface area contributed by atoms with E-state index in [2.05, 4.69) is 5.10 Å². The molecule has 2 heterocycles. The summed E-state index contributed by atoms with van der Waals surface area (Å²) in [5.41, 5.74) is 2.37. The zero-order valence-corrected chi connectivity index (χ0v) is 14.8. The van der Waals surface area contributed by atoms with Crippen LogP contribution in [0.15, 0.2) is 73.1 Å². The lowest BCUT2D eigenvalue weighted by molar-refractivity contribution is -0.0811. The van der Waals surface area contributed by atoms with E-state index in [0.29, 0.717) is 18.7 Å². The highest BCUT2D eigenvalue weighted by atomic mass is 16.5. The van der Waals surface area contributed by atoms with Crippen LogP contribution in [-0.4, -0.2) is 51.6 Å². The molecule has 0 aliphatic carbocycles. The second-order valence-corrected chi connectivity index (χ2v) is 6.45. The van der Waals surface area contributed by atoms with Crippen molar-refractivity contribution in [2.45, 2.75) is 12.1 Å². The highest BCUT2D eigenvalue weighted by molar-refractivity contribution is 5.95. The van der Waals surface area contributed by atoms with Crippen molar-refractivity contribution in [3.05, 3.63) is 84.2 Å². The SMILES string of the molecule is O=C(c1cccc(-n2cccn2)c1)N1CCO[C@@H](CO)[C@@H]1c1ccccc1. The summed E-state index contributed by atoms with van der Waals surface area (Å²) >= 11 is 0. The molecule has 3 aromatic rings. The van der Waals surface area contributed by atoms with Crippen molar-refractivity contribution in [2.24, 2.45) is 0 Å². The fourth-order valence-electron chi connectivity index (χ4n) is 3.53. The fourth-order valence-corrected chi connectivity index (χ4v) is 3.53. The van der Waals surface area contributed by atoms with Crippen molar-refractivity contribution in [2.75, 3.05) is 19.8 Å².